The lowest BCUT2D eigenvalue weighted by Gasteiger charge is -2.04. The van der Waals surface area contributed by atoms with E-state index in [1.54, 1.807) is 24.5 Å². The minimum Gasteiger partial charge on any atom is -0.497 e. The van der Waals surface area contributed by atoms with E-state index in [4.69, 9.17) is 4.74 Å². The largest absolute Gasteiger partial charge is 0.497 e. The predicted octanol–water partition coefficient (Wildman–Crippen LogP) is 3.09. The van der Waals surface area contributed by atoms with Crippen LogP contribution in [0.2, 0.25) is 0 Å². The van der Waals surface area contributed by atoms with Crippen LogP contribution >= 0.6 is 11.3 Å². The van der Waals surface area contributed by atoms with Gasteiger partial charge in [0.05, 0.1) is 28.4 Å². The van der Waals surface area contributed by atoms with Crippen LogP contribution in [-0.2, 0) is 6.54 Å². The van der Waals surface area contributed by atoms with Gasteiger partial charge in [0.15, 0.2) is 5.69 Å². The molecule has 0 fully saturated rings. The Morgan fingerprint density at radius 3 is 2.67 bits per heavy atom. The standard InChI is InChI=1S/C17H18N4O2S/c1-10-16(24-11(2)19-10)14-8-15(21-20-14)17(22)18-9-12-4-6-13(23-3)7-5-12/h4-8H,9H2,1-3H3,(H,18,22)(H,20,21). The van der Waals surface area contributed by atoms with E-state index < -0.39 is 0 Å². The maximum atomic E-state index is 12.2. The third-order valence-electron chi connectivity index (χ3n) is 3.57. The van der Waals surface area contributed by atoms with Crippen LogP contribution in [0.1, 0.15) is 26.8 Å². The first kappa shape index (κ1) is 16.2. The molecule has 1 amide bonds. The summed E-state index contributed by atoms with van der Waals surface area (Å²) in [5, 5.41) is 10.9. The Hall–Kier alpha value is -2.67. The van der Waals surface area contributed by atoms with Crippen molar-refractivity contribution in [3.8, 4) is 16.3 Å². The topological polar surface area (TPSA) is 79.9 Å². The molecule has 0 radical (unpaired) electrons. The van der Waals surface area contributed by atoms with E-state index in [2.05, 4.69) is 20.5 Å². The van der Waals surface area contributed by atoms with Crippen molar-refractivity contribution in [1.82, 2.24) is 20.5 Å². The fourth-order valence-electron chi connectivity index (χ4n) is 2.35. The van der Waals surface area contributed by atoms with Crippen molar-refractivity contribution >= 4 is 17.2 Å². The monoisotopic (exact) mass is 342 g/mol. The average Bonchev–Trinajstić information content (AvgIpc) is 3.19. The Morgan fingerprint density at radius 2 is 2.04 bits per heavy atom. The van der Waals surface area contributed by atoms with Crippen molar-refractivity contribution in [2.75, 3.05) is 7.11 Å². The molecule has 0 spiro atoms. The molecule has 0 saturated carbocycles. The van der Waals surface area contributed by atoms with Crippen LogP contribution in [0.3, 0.4) is 0 Å². The lowest BCUT2D eigenvalue weighted by Crippen LogP contribution is -2.23. The van der Waals surface area contributed by atoms with Gasteiger partial charge in [0.1, 0.15) is 5.75 Å². The lowest BCUT2D eigenvalue weighted by atomic mass is 10.2. The van der Waals surface area contributed by atoms with Gasteiger partial charge in [-0.2, -0.15) is 5.10 Å². The number of nitrogens with one attached hydrogen (secondary N) is 2. The number of rotatable bonds is 5. The van der Waals surface area contributed by atoms with Gasteiger partial charge in [-0.15, -0.1) is 11.3 Å². The van der Waals surface area contributed by atoms with Crippen molar-refractivity contribution in [2.45, 2.75) is 20.4 Å². The zero-order valence-corrected chi connectivity index (χ0v) is 14.5. The van der Waals surface area contributed by atoms with Gasteiger partial charge in [-0.05, 0) is 37.6 Å². The average molecular weight is 342 g/mol. The van der Waals surface area contributed by atoms with Crippen LogP contribution in [0.4, 0.5) is 0 Å². The first-order valence-electron chi connectivity index (χ1n) is 7.47. The van der Waals surface area contributed by atoms with Gasteiger partial charge in [0, 0.05) is 6.54 Å². The highest BCUT2D eigenvalue weighted by Gasteiger charge is 2.14. The van der Waals surface area contributed by atoms with Gasteiger partial charge in [-0.1, -0.05) is 12.1 Å². The van der Waals surface area contributed by atoms with Crippen LogP contribution < -0.4 is 10.1 Å². The summed E-state index contributed by atoms with van der Waals surface area (Å²) >= 11 is 1.58. The van der Waals surface area contributed by atoms with Crippen LogP contribution in [0.25, 0.3) is 10.6 Å². The molecule has 0 bridgehead atoms. The summed E-state index contributed by atoms with van der Waals surface area (Å²) in [5.74, 6) is 0.574. The minimum atomic E-state index is -0.216. The number of aryl methyl sites for hydroxylation is 2. The molecule has 0 aliphatic heterocycles. The highest BCUT2D eigenvalue weighted by Crippen LogP contribution is 2.28. The van der Waals surface area contributed by atoms with E-state index in [0.717, 1.165) is 32.6 Å². The second-order valence-electron chi connectivity index (χ2n) is 5.35. The fourth-order valence-corrected chi connectivity index (χ4v) is 3.24. The molecule has 2 aromatic heterocycles. The Labute approximate surface area is 143 Å². The van der Waals surface area contributed by atoms with Gasteiger partial charge >= 0.3 is 0 Å². The molecule has 0 atom stereocenters. The predicted molar refractivity (Wildman–Crippen MR) is 93.3 cm³/mol. The number of methoxy groups -OCH3 is 1. The van der Waals surface area contributed by atoms with E-state index in [1.807, 2.05) is 38.1 Å². The Bertz CT molecular complexity index is 852. The molecule has 24 heavy (non-hydrogen) atoms. The molecule has 7 heteroatoms. The molecule has 124 valence electrons. The van der Waals surface area contributed by atoms with Crippen LogP contribution in [0, 0.1) is 13.8 Å². The third kappa shape index (κ3) is 3.46. The first-order valence-corrected chi connectivity index (χ1v) is 8.29. The number of carbonyl (C=O) groups is 1. The Kier molecular flexibility index (Phi) is 4.61. The summed E-state index contributed by atoms with van der Waals surface area (Å²) in [6.45, 7) is 4.34. The number of hydrogen-bond donors (Lipinski definition) is 2. The third-order valence-corrected chi connectivity index (χ3v) is 4.68. The molecule has 0 aliphatic carbocycles. The number of hydrogen-bond acceptors (Lipinski definition) is 5. The van der Waals surface area contributed by atoms with E-state index in [-0.39, 0.29) is 5.91 Å². The zero-order chi connectivity index (χ0) is 17.1. The Balaban J connectivity index is 1.66. The minimum absolute atomic E-state index is 0.216. The summed E-state index contributed by atoms with van der Waals surface area (Å²) in [5.41, 5.74) is 3.11. The van der Waals surface area contributed by atoms with Crippen LogP contribution in [-0.4, -0.2) is 28.2 Å². The maximum Gasteiger partial charge on any atom is 0.272 e. The molecule has 6 nitrogen and oxygen atoms in total. The van der Waals surface area contributed by atoms with E-state index in [1.165, 1.54) is 0 Å². The number of nitrogens with zero attached hydrogens (tertiary/aromatic N) is 2. The number of amides is 1. The zero-order valence-electron chi connectivity index (χ0n) is 13.7. The summed E-state index contributed by atoms with van der Waals surface area (Å²) < 4.78 is 5.11. The van der Waals surface area contributed by atoms with Crippen LogP contribution in [0.15, 0.2) is 30.3 Å². The van der Waals surface area contributed by atoms with Gasteiger partial charge in [-0.25, -0.2) is 4.98 Å². The van der Waals surface area contributed by atoms with Crippen molar-refractivity contribution < 1.29 is 9.53 Å². The van der Waals surface area contributed by atoms with Crippen molar-refractivity contribution in [3.63, 3.8) is 0 Å². The molecular formula is C17H18N4O2S. The van der Waals surface area contributed by atoms with Crippen molar-refractivity contribution in [2.24, 2.45) is 0 Å². The lowest BCUT2D eigenvalue weighted by molar-refractivity contribution is 0.0946. The molecule has 3 aromatic rings. The molecule has 0 aliphatic rings. The van der Waals surface area contributed by atoms with Gasteiger partial charge in [0.2, 0.25) is 0 Å². The fraction of sp³-hybridized carbons (Fsp3) is 0.235. The normalized spacial score (nSPS) is 10.6. The summed E-state index contributed by atoms with van der Waals surface area (Å²) in [7, 11) is 1.62. The highest BCUT2D eigenvalue weighted by atomic mass is 32.1. The number of H-pyrrole nitrogens is 1. The van der Waals surface area contributed by atoms with Gasteiger partial charge < -0.3 is 10.1 Å². The number of carbonyl (C=O) groups excluding carboxylic acids is 1. The van der Waals surface area contributed by atoms with Crippen molar-refractivity contribution in [1.29, 1.82) is 0 Å². The highest BCUT2D eigenvalue weighted by molar-refractivity contribution is 7.15. The second kappa shape index (κ2) is 6.84. The number of thiazole rings is 1. The second-order valence-corrected chi connectivity index (χ2v) is 6.55. The number of benzene rings is 1. The van der Waals surface area contributed by atoms with E-state index in [0.29, 0.717) is 12.2 Å². The number of aromatic amines is 1. The number of aromatic nitrogens is 3. The van der Waals surface area contributed by atoms with E-state index >= 15 is 0 Å². The summed E-state index contributed by atoms with van der Waals surface area (Å²) in [4.78, 5) is 17.6. The molecule has 0 unspecified atom stereocenters. The Morgan fingerprint density at radius 1 is 1.29 bits per heavy atom. The van der Waals surface area contributed by atoms with Crippen LogP contribution in [0.5, 0.6) is 5.75 Å². The molecule has 2 heterocycles. The summed E-state index contributed by atoms with van der Waals surface area (Å²) in [6.07, 6.45) is 0. The smallest absolute Gasteiger partial charge is 0.272 e. The van der Waals surface area contributed by atoms with E-state index in [9.17, 15) is 4.79 Å². The van der Waals surface area contributed by atoms with Gasteiger partial charge in [0.25, 0.3) is 5.91 Å². The summed E-state index contributed by atoms with van der Waals surface area (Å²) in [6, 6.07) is 9.31. The number of ether oxygens (including phenoxy) is 1. The first-order chi connectivity index (χ1) is 11.6. The molecule has 0 saturated heterocycles. The maximum absolute atomic E-state index is 12.2. The van der Waals surface area contributed by atoms with Gasteiger partial charge in [-0.3, -0.25) is 9.89 Å². The molecule has 2 N–H and O–H groups in total. The quantitative estimate of drug-likeness (QED) is 0.747. The molecular weight excluding hydrogens is 324 g/mol. The van der Waals surface area contributed by atoms with Crippen molar-refractivity contribution in [3.05, 3.63) is 52.3 Å². The SMILES string of the molecule is COc1ccc(CNC(=O)c2cc(-c3sc(C)nc3C)[nH]n2)cc1. The molecule has 1 aromatic carbocycles. The molecule has 3 rings (SSSR count).